The van der Waals surface area contributed by atoms with E-state index < -0.39 is 5.54 Å². The third kappa shape index (κ3) is 3.11. The Morgan fingerprint density at radius 2 is 2.26 bits per heavy atom. The number of rotatable bonds is 4. The van der Waals surface area contributed by atoms with Gasteiger partial charge in [-0.15, -0.1) is 0 Å². The Morgan fingerprint density at radius 1 is 1.47 bits per heavy atom. The summed E-state index contributed by atoms with van der Waals surface area (Å²) in [6.45, 7) is 7.58. The average Bonchev–Trinajstić information content (AvgIpc) is 2.85. The zero-order chi connectivity index (χ0) is 13.9. The number of carbonyl (C=O) groups is 1. The molecule has 0 aromatic carbocycles. The van der Waals surface area contributed by atoms with Gasteiger partial charge in [0, 0.05) is 12.6 Å². The van der Waals surface area contributed by atoms with Crippen molar-refractivity contribution >= 4 is 5.97 Å². The molecule has 2 aliphatic rings. The van der Waals surface area contributed by atoms with Crippen LogP contribution < -0.4 is 5.32 Å². The van der Waals surface area contributed by atoms with Gasteiger partial charge in [0.25, 0.3) is 0 Å². The fourth-order valence-corrected chi connectivity index (χ4v) is 3.81. The third-order valence-corrected chi connectivity index (χ3v) is 4.79. The number of carbonyl (C=O) groups excluding carboxylic acids is 1. The molecule has 2 rings (SSSR count). The maximum Gasteiger partial charge on any atom is 0.326 e. The van der Waals surface area contributed by atoms with Crippen LogP contribution in [0, 0.1) is 5.92 Å². The SMILES string of the molecule is CCNC1(C(=O)OC)CCCC(N2CCC(C)C2)C1. The second kappa shape index (κ2) is 6.23. The molecule has 110 valence electrons. The molecule has 4 heteroatoms. The van der Waals surface area contributed by atoms with E-state index >= 15 is 0 Å². The van der Waals surface area contributed by atoms with Crippen LogP contribution in [0.4, 0.5) is 0 Å². The van der Waals surface area contributed by atoms with Gasteiger partial charge in [0.05, 0.1) is 7.11 Å². The van der Waals surface area contributed by atoms with Crippen LogP contribution in [-0.4, -0.2) is 49.2 Å². The molecule has 1 saturated carbocycles. The lowest BCUT2D eigenvalue weighted by atomic mass is 9.78. The topological polar surface area (TPSA) is 41.6 Å². The van der Waals surface area contributed by atoms with Gasteiger partial charge < -0.3 is 15.0 Å². The number of likely N-dealkylation sites (tertiary alicyclic amines) is 1. The normalized spacial score (nSPS) is 36.4. The fraction of sp³-hybridized carbons (Fsp3) is 0.933. The third-order valence-electron chi connectivity index (χ3n) is 4.79. The van der Waals surface area contributed by atoms with Gasteiger partial charge in [-0.1, -0.05) is 13.8 Å². The molecule has 3 unspecified atom stereocenters. The molecular formula is C15H28N2O2. The van der Waals surface area contributed by atoms with Gasteiger partial charge in [-0.05, 0) is 51.1 Å². The predicted molar refractivity (Wildman–Crippen MR) is 76.0 cm³/mol. The number of esters is 1. The molecule has 0 aromatic heterocycles. The number of hydrogen-bond donors (Lipinski definition) is 1. The average molecular weight is 268 g/mol. The zero-order valence-electron chi connectivity index (χ0n) is 12.6. The molecule has 1 heterocycles. The molecule has 0 amide bonds. The number of hydrogen-bond acceptors (Lipinski definition) is 4. The van der Waals surface area contributed by atoms with Crippen LogP contribution in [0.5, 0.6) is 0 Å². The molecular weight excluding hydrogens is 240 g/mol. The Morgan fingerprint density at radius 3 is 2.84 bits per heavy atom. The van der Waals surface area contributed by atoms with Gasteiger partial charge in [0.2, 0.25) is 0 Å². The van der Waals surface area contributed by atoms with Crippen LogP contribution in [-0.2, 0) is 9.53 Å². The summed E-state index contributed by atoms with van der Waals surface area (Å²) in [5, 5.41) is 3.41. The Labute approximate surface area is 116 Å². The minimum absolute atomic E-state index is 0.0775. The summed E-state index contributed by atoms with van der Waals surface area (Å²) >= 11 is 0. The lowest BCUT2D eigenvalue weighted by Crippen LogP contribution is -2.58. The quantitative estimate of drug-likeness (QED) is 0.789. The van der Waals surface area contributed by atoms with Crippen LogP contribution in [0.3, 0.4) is 0 Å². The highest BCUT2D eigenvalue weighted by Crippen LogP contribution is 2.34. The van der Waals surface area contributed by atoms with E-state index in [0.717, 1.165) is 31.7 Å². The first-order chi connectivity index (χ1) is 9.11. The highest BCUT2D eigenvalue weighted by Gasteiger charge is 2.45. The molecule has 1 saturated heterocycles. The smallest absolute Gasteiger partial charge is 0.326 e. The highest BCUT2D eigenvalue weighted by atomic mass is 16.5. The van der Waals surface area contributed by atoms with Crippen molar-refractivity contribution in [2.75, 3.05) is 26.7 Å². The van der Waals surface area contributed by atoms with E-state index in [0.29, 0.717) is 6.04 Å². The van der Waals surface area contributed by atoms with Crippen molar-refractivity contribution in [3.63, 3.8) is 0 Å². The minimum atomic E-state index is -0.446. The van der Waals surface area contributed by atoms with Gasteiger partial charge in [0.1, 0.15) is 5.54 Å². The first kappa shape index (κ1) is 14.8. The summed E-state index contributed by atoms with van der Waals surface area (Å²) in [6.07, 6.45) is 5.44. The van der Waals surface area contributed by atoms with Crippen LogP contribution in [0.1, 0.15) is 46.0 Å². The molecule has 3 atom stereocenters. The zero-order valence-corrected chi connectivity index (χ0v) is 12.6. The number of nitrogens with zero attached hydrogens (tertiary/aromatic N) is 1. The first-order valence-corrected chi connectivity index (χ1v) is 7.69. The maximum absolute atomic E-state index is 12.2. The van der Waals surface area contributed by atoms with Crippen LogP contribution >= 0.6 is 0 Å². The Kier molecular flexibility index (Phi) is 4.85. The van der Waals surface area contributed by atoms with Gasteiger partial charge in [0.15, 0.2) is 0 Å². The monoisotopic (exact) mass is 268 g/mol. The standard InChI is InChI=1S/C15H28N2O2/c1-4-16-15(14(18)19-3)8-5-6-13(10-15)17-9-7-12(2)11-17/h12-13,16H,4-11H2,1-3H3. The van der Waals surface area contributed by atoms with E-state index in [9.17, 15) is 4.79 Å². The summed E-state index contributed by atoms with van der Waals surface area (Å²) in [6, 6.07) is 0.539. The molecule has 1 aliphatic carbocycles. The second-order valence-corrected chi connectivity index (χ2v) is 6.24. The molecule has 1 N–H and O–H groups in total. The fourth-order valence-electron chi connectivity index (χ4n) is 3.81. The van der Waals surface area contributed by atoms with E-state index in [-0.39, 0.29) is 5.97 Å². The van der Waals surface area contributed by atoms with Gasteiger partial charge in [-0.3, -0.25) is 4.79 Å². The molecule has 0 aromatic rings. The molecule has 2 fully saturated rings. The number of ether oxygens (including phenoxy) is 1. The highest BCUT2D eigenvalue weighted by molar-refractivity contribution is 5.81. The maximum atomic E-state index is 12.2. The van der Waals surface area contributed by atoms with E-state index in [2.05, 4.69) is 24.1 Å². The van der Waals surface area contributed by atoms with E-state index in [4.69, 9.17) is 4.74 Å². The van der Waals surface area contributed by atoms with E-state index in [1.165, 1.54) is 33.0 Å². The summed E-state index contributed by atoms with van der Waals surface area (Å²) < 4.78 is 5.06. The molecule has 4 nitrogen and oxygen atoms in total. The number of likely N-dealkylation sites (N-methyl/N-ethyl adjacent to an activating group) is 1. The van der Waals surface area contributed by atoms with Crippen molar-refractivity contribution in [1.82, 2.24) is 10.2 Å². The van der Waals surface area contributed by atoms with E-state index in [1.54, 1.807) is 0 Å². The predicted octanol–water partition coefficient (Wildman–Crippen LogP) is 1.79. The van der Waals surface area contributed by atoms with Crippen LogP contribution in [0.25, 0.3) is 0 Å². The Balaban J connectivity index is 2.06. The molecule has 1 aliphatic heterocycles. The number of nitrogens with one attached hydrogen (secondary N) is 1. The molecule has 0 bridgehead atoms. The minimum Gasteiger partial charge on any atom is -0.468 e. The molecule has 19 heavy (non-hydrogen) atoms. The van der Waals surface area contributed by atoms with Crippen molar-refractivity contribution in [2.45, 2.75) is 57.5 Å². The second-order valence-electron chi connectivity index (χ2n) is 6.24. The van der Waals surface area contributed by atoms with Crippen molar-refractivity contribution in [3.8, 4) is 0 Å². The lowest BCUT2D eigenvalue weighted by molar-refractivity contribution is -0.151. The summed E-state index contributed by atoms with van der Waals surface area (Å²) in [7, 11) is 1.50. The van der Waals surface area contributed by atoms with Crippen LogP contribution in [0.15, 0.2) is 0 Å². The van der Waals surface area contributed by atoms with E-state index in [1.807, 2.05) is 0 Å². The van der Waals surface area contributed by atoms with Crippen LogP contribution in [0.2, 0.25) is 0 Å². The largest absolute Gasteiger partial charge is 0.468 e. The summed E-state index contributed by atoms with van der Waals surface area (Å²) in [5.41, 5.74) is -0.446. The Hall–Kier alpha value is -0.610. The summed E-state index contributed by atoms with van der Waals surface area (Å²) in [5.74, 6) is 0.722. The van der Waals surface area contributed by atoms with Gasteiger partial charge in [-0.2, -0.15) is 0 Å². The van der Waals surface area contributed by atoms with Gasteiger partial charge >= 0.3 is 5.97 Å². The summed E-state index contributed by atoms with van der Waals surface area (Å²) in [4.78, 5) is 14.8. The van der Waals surface area contributed by atoms with Crippen molar-refractivity contribution in [1.29, 1.82) is 0 Å². The molecule has 0 radical (unpaired) electrons. The first-order valence-electron chi connectivity index (χ1n) is 7.69. The lowest BCUT2D eigenvalue weighted by Gasteiger charge is -2.42. The van der Waals surface area contributed by atoms with Crippen molar-refractivity contribution in [3.05, 3.63) is 0 Å². The van der Waals surface area contributed by atoms with Gasteiger partial charge in [-0.25, -0.2) is 0 Å². The Bertz CT molecular complexity index is 317. The molecule has 0 spiro atoms. The van der Waals surface area contributed by atoms with Crippen molar-refractivity contribution < 1.29 is 9.53 Å². The van der Waals surface area contributed by atoms with Crippen molar-refractivity contribution in [2.24, 2.45) is 5.92 Å². The number of methoxy groups -OCH3 is 1.